The number of halogens is 1. The van der Waals surface area contributed by atoms with Gasteiger partial charge in [0.15, 0.2) is 0 Å². The Balaban J connectivity index is 1.95. The van der Waals surface area contributed by atoms with E-state index in [-0.39, 0.29) is 30.0 Å². The Kier molecular flexibility index (Phi) is 10.7. The average molecular weight is 456 g/mol. The van der Waals surface area contributed by atoms with Crippen LogP contribution in [0.5, 0.6) is 0 Å². The zero-order chi connectivity index (χ0) is 22.8. The van der Waals surface area contributed by atoms with E-state index < -0.39 is 11.9 Å². The van der Waals surface area contributed by atoms with Gasteiger partial charge in [-0.2, -0.15) is 0 Å². The number of ether oxygens (including phenoxy) is 1. The Morgan fingerprint density at radius 2 is 1.90 bits per heavy atom. The highest BCUT2D eigenvalue weighted by molar-refractivity contribution is 6.20. The predicted molar refractivity (Wildman–Crippen MR) is 123 cm³/mol. The Bertz CT molecular complexity index is 657. The van der Waals surface area contributed by atoms with Gasteiger partial charge in [-0.1, -0.05) is 13.0 Å². The lowest BCUT2D eigenvalue weighted by molar-refractivity contribution is -0.141. The molecule has 31 heavy (non-hydrogen) atoms. The number of carboxylic acids is 1. The third-order valence-corrected chi connectivity index (χ3v) is 6.20. The standard InChI is InChI=1S/C23H38ClN3O4/c1-15(2)31-20-10-8-19(9-11-20)27-21(12-22(28)26-13-16(3)23(29)30)25-14-17-4-6-18(24)7-5-17/h8,12,15-18,20,25,27H,4-7,9-11,13-14H2,1-3H3,(H,26,28)(H,29,30)/b21-12+/t16-,17?,18?,20?/m0/s1. The fraction of sp³-hybridized carbons (Fsp3) is 0.739. The molecule has 8 heteroatoms. The maximum absolute atomic E-state index is 12.4. The van der Waals surface area contributed by atoms with Crippen LogP contribution in [-0.2, 0) is 14.3 Å². The van der Waals surface area contributed by atoms with Crippen LogP contribution in [0.15, 0.2) is 23.7 Å². The molecule has 4 N–H and O–H groups in total. The molecule has 0 aromatic heterocycles. The normalized spacial score (nSPS) is 25.5. The summed E-state index contributed by atoms with van der Waals surface area (Å²) >= 11 is 6.21. The lowest BCUT2D eigenvalue weighted by Gasteiger charge is -2.28. The summed E-state index contributed by atoms with van der Waals surface area (Å²) < 4.78 is 5.89. The first-order valence-corrected chi connectivity index (χ1v) is 11.9. The third kappa shape index (κ3) is 9.95. The van der Waals surface area contributed by atoms with Crippen LogP contribution in [-0.4, -0.2) is 47.7 Å². The molecule has 2 atom stereocenters. The highest BCUT2D eigenvalue weighted by Crippen LogP contribution is 2.27. The van der Waals surface area contributed by atoms with E-state index in [1.165, 1.54) is 6.08 Å². The smallest absolute Gasteiger partial charge is 0.308 e. The summed E-state index contributed by atoms with van der Waals surface area (Å²) in [6.45, 7) is 6.52. The molecule has 2 rings (SSSR count). The van der Waals surface area contributed by atoms with Gasteiger partial charge in [0.2, 0.25) is 5.91 Å². The van der Waals surface area contributed by atoms with Crippen LogP contribution in [0.2, 0.25) is 0 Å². The second kappa shape index (κ2) is 13.0. The number of nitrogens with one attached hydrogen (secondary N) is 3. The number of carbonyl (C=O) groups is 2. The van der Waals surface area contributed by atoms with Crippen LogP contribution in [0.1, 0.15) is 65.7 Å². The highest BCUT2D eigenvalue weighted by atomic mass is 35.5. The minimum Gasteiger partial charge on any atom is -0.481 e. The molecule has 176 valence electrons. The van der Waals surface area contributed by atoms with Gasteiger partial charge >= 0.3 is 5.97 Å². The lowest BCUT2D eigenvalue weighted by atomic mass is 9.89. The molecule has 1 amide bonds. The Morgan fingerprint density at radius 1 is 1.19 bits per heavy atom. The number of aliphatic carboxylic acids is 1. The minimum absolute atomic E-state index is 0.0919. The molecule has 0 aliphatic heterocycles. The van der Waals surface area contributed by atoms with Crippen molar-refractivity contribution in [2.45, 2.75) is 83.3 Å². The zero-order valence-corrected chi connectivity index (χ0v) is 19.7. The number of amides is 1. The van der Waals surface area contributed by atoms with Gasteiger partial charge in [-0.3, -0.25) is 9.59 Å². The molecule has 2 aliphatic carbocycles. The fourth-order valence-electron chi connectivity index (χ4n) is 3.84. The molecule has 7 nitrogen and oxygen atoms in total. The van der Waals surface area contributed by atoms with Gasteiger partial charge in [0, 0.05) is 30.2 Å². The summed E-state index contributed by atoms with van der Waals surface area (Å²) in [6.07, 6.45) is 10.9. The summed E-state index contributed by atoms with van der Waals surface area (Å²) in [7, 11) is 0. The van der Waals surface area contributed by atoms with E-state index in [9.17, 15) is 9.59 Å². The molecule has 1 fully saturated rings. The number of rotatable bonds is 11. The maximum atomic E-state index is 12.4. The van der Waals surface area contributed by atoms with Crippen molar-refractivity contribution in [1.82, 2.24) is 16.0 Å². The molecule has 1 unspecified atom stereocenters. The van der Waals surface area contributed by atoms with Crippen molar-refractivity contribution in [2.75, 3.05) is 13.1 Å². The van der Waals surface area contributed by atoms with E-state index in [4.69, 9.17) is 21.4 Å². The van der Waals surface area contributed by atoms with Crippen LogP contribution < -0.4 is 16.0 Å². The van der Waals surface area contributed by atoms with Gasteiger partial charge in [-0.15, -0.1) is 11.6 Å². The van der Waals surface area contributed by atoms with E-state index in [1.807, 2.05) is 13.8 Å². The topological polar surface area (TPSA) is 99.7 Å². The van der Waals surface area contributed by atoms with Gasteiger partial charge < -0.3 is 25.8 Å². The van der Waals surface area contributed by atoms with Crippen LogP contribution in [0.25, 0.3) is 0 Å². The molecule has 2 aliphatic rings. The lowest BCUT2D eigenvalue weighted by Crippen LogP contribution is -2.36. The molecule has 1 saturated carbocycles. The maximum Gasteiger partial charge on any atom is 0.308 e. The van der Waals surface area contributed by atoms with Crippen molar-refractivity contribution in [3.63, 3.8) is 0 Å². The van der Waals surface area contributed by atoms with Gasteiger partial charge in [0.1, 0.15) is 5.82 Å². The fourth-order valence-corrected chi connectivity index (χ4v) is 4.09. The number of hydrogen-bond acceptors (Lipinski definition) is 5. The summed E-state index contributed by atoms with van der Waals surface area (Å²) in [5.74, 6) is -0.708. The van der Waals surface area contributed by atoms with Crippen molar-refractivity contribution in [1.29, 1.82) is 0 Å². The van der Waals surface area contributed by atoms with Gasteiger partial charge in [-0.25, -0.2) is 0 Å². The van der Waals surface area contributed by atoms with Crippen LogP contribution in [0.4, 0.5) is 0 Å². The molecular weight excluding hydrogens is 418 g/mol. The summed E-state index contributed by atoms with van der Waals surface area (Å²) in [5, 5.41) is 18.7. The molecule has 0 radical (unpaired) electrons. The zero-order valence-electron chi connectivity index (χ0n) is 19.0. The van der Waals surface area contributed by atoms with Crippen LogP contribution >= 0.6 is 11.6 Å². The van der Waals surface area contributed by atoms with Gasteiger partial charge in [0.25, 0.3) is 0 Å². The van der Waals surface area contributed by atoms with Gasteiger partial charge in [0.05, 0.1) is 18.1 Å². The SMILES string of the molecule is CC(C)OC1CC=C(N/C(=C/C(=O)NC[C@H](C)C(=O)O)NCC2CCC(Cl)CC2)CC1. The van der Waals surface area contributed by atoms with E-state index >= 15 is 0 Å². The third-order valence-electron chi connectivity index (χ3n) is 5.76. The molecule has 0 heterocycles. The number of hydrogen-bond donors (Lipinski definition) is 4. The number of allylic oxidation sites excluding steroid dienone is 1. The quantitative estimate of drug-likeness (QED) is 0.281. The van der Waals surface area contributed by atoms with Crippen molar-refractivity contribution in [3.8, 4) is 0 Å². The van der Waals surface area contributed by atoms with E-state index in [0.29, 0.717) is 11.7 Å². The summed E-state index contributed by atoms with van der Waals surface area (Å²) in [4.78, 5) is 23.3. The monoisotopic (exact) mass is 455 g/mol. The second-order valence-corrected chi connectivity index (χ2v) is 9.59. The average Bonchev–Trinajstić information content (AvgIpc) is 2.72. The van der Waals surface area contributed by atoms with Crippen molar-refractivity contribution < 1.29 is 19.4 Å². The van der Waals surface area contributed by atoms with Crippen LogP contribution in [0.3, 0.4) is 0 Å². The Morgan fingerprint density at radius 3 is 2.48 bits per heavy atom. The second-order valence-electron chi connectivity index (χ2n) is 8.98. The minimum atomic E-state index is -0.929. The molecule has 0 aromatic rings. The van der Waals surface area contributed by atoms with E-state index in [1.54, 1.807) is 6.92 Å². The molecular formula is C23H38ClN3O4. The largest absolute Gasteiger partial charge is 0.481 e. The van der Waals surface area contributed by atoms with Crippen molar-refractivity contribution in [3.05, 3.63) is 23.7 Å². The van der Waals surface area contributed by atoms with E-state index in [0.717, 1.165) is 57.2 Å². The van der Waals surface area contributed by atoms with E-state index in [2.05, 4.69) is 22.0 Å². The highest BCUT2D eigenvalue weighted by Gasteiger charge is 2.21. The Labute approximate surface area is 191 Å². The Hall–Kier alpha value is -1.73. The number of carboxylic acid groups (broad SMARTS) is 1. The van der Waals surface area contributed by atoms with Crippen molar-refractivity contribution in [2.24, 2.45) is 11.8 Å². The van der Waals surface area contributed by atoms with Crippen LogP contribution in [0, 0.1) is 11.8 Å². The first-order chi connectivity index (χ1) is 14.7. The first kappa shape index (κ1) is 25.5. The van der Waals surface area contributed by atoms with Crippen molar-refractivity contribution >= 4 is 23.5 Å². The molecule has 0 aromatic carbocycles. The predicted octanol–water partition coefficient (Wildman–Crippen LogP) is 3.50. The molecule has 0 spiro atoms. The number of alkyl halides is 1. The van der Waals surface area contributed by atoms with Gasteiger partial charge in [-0.05, 0) is 64.7 Å². The number of carbonyl (C=O) groups excluding carboxylic acids is 1. The first-order valence-electron chi connectivity index (χ1n) is 11.4. The molecule has 0 saturated heterocycles. The summed E-state index contributed by atoms with van der Waals surface area (Å²) in [6, 6.07) is 0. The molecule has 0 bridgehead atoms. The summed E-state index contributed by atoms with van der Waals surface area (Å²) in [5.41, 5.74) is 1.07.